The minimum absolute atomic E-state index is 0.0299. The van der Waals surface area contributed by atoms with E-state index in [2.05, 4.69) is 10.3 Å². The minimum Gasteiger partial charge on any atom is -0.496 e. The Morgan fingerprint density at radius 1 is 1.10 bits per heavy atom. The molecular formula is C24H25N3O3. The average Bonchev–Trinajstić information content (AvgIpc) is 2.82. The number of rotatable bonds is 5. The van der Waals surface area contributed by atoms with E-state index >= 15 is 0 Å². The van der Waals surface area contributed by atoms with Crippen molar-refractivity contribution in [1.29, 1.82) is 0 Å². The van der Waals surface area contributed by atoms with E-state index in [4.69, 9.17) is 4.74 Å². The van der Waals surface area contributed by atoms with Gasteiger partial charge in [-0.3, -0.25) is 14.6 Å². The number of amides is 2. The Balaban J connectivity index is 1.47. The predicted molar refractivity (Wildman–Crippen MR) is 115 cm³/mol. The zero-order valence-electron chi connectivity index (χ0n) is 17.0. The summed E-state index contributed by atoms with van der Waals surface area (Å²) in [5.74, 6) is 0.456. The normalized spacial score (nSPS) is 16.3. The van der Waals surface area contributed by atoms with Gasteiger partial charge in [-0.15, -0.1) is 0 Å². The summed E-state index contributed by atoms with van der Waals surface area (Å²) >= 11 is 0. The van der Waals surface area contributed by atoms with E-state index in [0.29, 0.717) is 25.2 Å². The van der Waals surface area contributed by atoms with Gasteiger partial charge in [0, 0.05) is 30.2 Å². The van der Waals surface area contributed by atoms with Gasteiger partial charge in [-0.05, 0) is 42.5 Å². The molecule has 2 aromatic carbocycles. The molecule has 0 aliphatic carbocycles. The van der Waals surface area contributed by atoms with Crippen LogP contribution in [0.3, 0.4) is 0 Å². The van der Waals surface area contributed by atoms with Crippen LogP contribution in [0, 0.1) is 5.92 Å². The lowest BCUT2D eigenvalue weighted by molar-refractivity contribution is -0.126. The van der Waals surface area contributed by atoms with Crippen LogP contribution in [-0.2, 0) is 11.3 Å². The first-order valence-corrected chi connectivity index (χ1v) is 10.2. The third kappa shape index (κ3) is 4.13. The van der Waals surface area contributed by atoms with Crippen molar-refractivity contribution in [2.75, 3.05) is 20.2 Å². The van der Waals surface area contributed by atoms with Crippen LogP contribution >= 0.6 is 0 Å². The summed E-state index contributed by atoms with van der Waals surface area (Å²) in [5.41, 5.74) is 1.46. The van der Waals surface area contributed by atoms with Crippen LogP contribution in [0.15, 0.2) is 60.8 Å². The molecule has 1 aliphatic rings. The number of piperidine rings is 1. The van der Waals surface area contributed by atoms with Gasteiger partial charge in [0.2, 0.25) is 5.91 Å². The lowest BCUT2D eigenvalue weighted by Gasteiger charge is -2.32. The standard InChI is InChI=1S/C24H25N3O3/c1-30-22-12-11-21(19-9-2-3-10-20(19)22)24(29)27-14-6-7-17(16-27)23(28)26-15-18-8-4-5-13-25-18/h2-5,8-13,17H,6-7,14-16H2,1H3,(H,26,28)/t17-/m0/s1. The number of carbonyl (C=O) groups is 2. The number of hydrogen-bond acceptors (Lipinski definition) is 4. The molecule has 1 fully saturated rings. The van der Waals surface area contributed by atoms with Gasteiger partial charge in [0.1, 0.15) is 5.75 Å². The van der Waals surface area contributed by atoms with Gasteiger partial charge < -0.3 is 15.0 Å². The number of carbonyl (C=O) groups excluding carboxylic acids is 2. The Morgan fingerprint density at radius 2 is 1.90 bits per heavy atom. The Morgan fingerprint density at radius 3 is 2.67 bits per heavy atom. The van der Waals surface area contributed by atoms with Gasteiger partial charge in [0.25, 0.3) is 5.91 Å². The van der Waals surface area contributed by atoms with Crippen molar-refractivity contribution in [1.82, 2.24) is 15.2 Å². The van der Waals surface area contributed by atoms with E-state index in [-0.39, 0.29) is 17.7 Å². The van der Waals surface area contributed by atoms with Gasteiger partial charge in [-0.25, -0.2) is 0 Å². The van der Waals surface area contributed by atoms with E-state index in [1.807, 2.05) is 54.6 Å². The summed E-state index contributed by atoms with van der Waals surface area (Å²) in [6.45, 7) is 1.48. The molecule has 6 heteroatoms. The third-order valence-electron chi connectivity index (χ3n) is 5.58. The number of nitrogens with zero attached hydrogens (tertiary/aromatic N) is 2. The van der Waals surface area contributed by atoms with Crippen LogP contribution in [0.2, 0.25) is 0 Å². The number of nitrogens with one attached hydrogen (secondary N) is 1. The molecule has 0 bridgehead atoms. The number of methoxy groups -OCH3 is 1. The topological polar surface area (TPSA) is 71.5 Å². The second-order valence-corrected chi connectivity index (χ2v) is 7.49. The first-order valence-electron chi connectivity index (χ1n) is 10.2. The summed E-state index contributed by atoms with van der Waals surface area (Å²) < 4.78 is 5.44. The molecule has 0 spiro atoms. The number of hydrogen-bond donors (Lipinski definition) is 1. The van der Waals surface area contributed by atoms with Gasteiger partial charge >= 0.3 is 0 Å². The maximum atomic E-state index is 13.3. The van der Waals surface area contributed by atoms with Crippen LogP contribution < -0.4 is 10.1 Å². The molecule has 6 nitrogen and oxygen atoms in total. The average molecular weight is 403 g/mol. The minimum atomic E-state index is -0.212. The predicted octanol–water partition coefficient (Wildman–Crippen LogP) is 3.41. The number of ether oxygens (including phenoxy) is 1. The van der Waals surface area contributed by atoms with Gasteiger partial charge in [0.05, 0.1) is 25.3 Å². The zero-order valence-corrected chi connectivity index (χ0v) is 17.0. The monoisotopic (exact) mass is 403 g/mol. The molecular weight excluding hydrogens is 378 g/mol. The van der Waals surface area contributed by atoms with Crippen molar-refractivity contribution in [3.8, 4) is 5.75 Å². The highest BCUT2D eigenvalue weighted by molar-refractivity contribution is 6.08. The molecule has 2 heterocycles. The molecule has 1 N–H and O–H groups in total. The van der Waals surface area contributed by atoms with Crippen molar-refractivity contribution in [2.24, 2.45) is 5.92 Å². The molecule has 4 rings (SSSR count). The summed E-state index contributed by atoms with van der Waals surface area (Å²) in [6, 6.07) is 17.0. The Hall–Kier alpha value is -3.41. The second-order valence-electron chi connectivity index (χ2n) is 7.49. The fraction of sp³-hybridized carbons (Fsp3) is 0.292. The summed E-state index contributed by atoms with van der Waals surface area (Å²) in [6.07, 6.45) is 3.30. The highest BCUT2D eigenvalue weighted by Gasteiger charge is 2.29. The summed E-state index contributed by atoms with van der Waals surface area (Å²) in [7, 11) is 1.63. The van der Waals surface area contributed by atoms with E-state index < -0.39 is 0 Å². The van der Waals surface area contributed by atoms with Gasteiger partial charge in [0.15, 0.2) is 0 Å². The van der Waals surface area contributed by atoms with Gasteiger partial charge in [-0.1, -0.05) is 30.3 Å². The van der Waals surface area contributed by atoms with Crippen molar-refractivity contribution >= 4 is 22.6 Å². The number of benzene rings is 2. The van der Waals surface area contributed by atoms with E-state index in [0.717, 1.165) is 35.1 Å². The molecule has 1 aliphatic heterocycles. The maximum absolute atomic E-state index is 13.3. The highest BCUT2D eigenvalue weighted by atomic mass is 16.5. The zero-order chi connectivity index (χ0) is 20.9. The lowest BCUT2D eigenvalue weighted by atomic mass is 9.95. The third-order valence-corrected chi connectivity index (χ3v) is 5.58. The molecule has 2 amide bonds. The molecule has 3 aromatic rings. The first kappa shape index (κ1) is 19.9. The van der Waals surface area contributed by atoms with E-state index in [1.165, 1.54) is 0 Å². The van der Waals surface area contributed by atoms with Gasteiger partial charge in [-0.2, -0.15) is 0 Å². The van der Waals surface area contributed by atoms with Crippen LogP contribution in [0.4, 0.5) is 0 Å². The number of pyridine rings is 1. The molecule has 1 aromatic heterocycles. The van der Waals surface area contributed by atoms with Crippen LogP contribution in [-0.4, -0.2) is 41.9 Å². The first-order chi connectivity index (χ1) is 14.7. The molecule has 0 radical (unpaired) electrons. The largest absolute Gasteiger partial charge is 0.496 e. The molecule has 1 atom stereocenters. The SMILES string of the molecule is COc1ccc(C(=O)N2CCC[C@H](C(=O)NCc3ccccn3)C2)c2ccccc12. The van der Waals surface area contributed by atoms with Crippen molar-refractivity contribution in [2.45, 2.75) is 19.4 Å². The fourth-order valence-electron chi connectivity index (χ4n) is 4.01. The quantitative estimate of drug-likeness (QED) is 0.709. The number of fused-ring (bicyclic) bond motifs is 1. The molecule has 154 valence electrons. The molecule has 1 saturated heterocycles. The molecule has 0 unspecified atom stereocenters. The summed E-state index contributed by atoms with van der Waals surface area (Å²) in [5, 5.41) is 4.73. The fourth-order valence-corrected chi connectivity index (χ4v) is 4.01. The van der Waals surface area contributed by atoms with Crippen LogP contribution in [0.1, 0.15) is 28.9 Å². The number of aromatic nitrogens is 1. The lowest BCUT2D eigenvalue weighted by Crippen LogP contribution is -2.45. The van der Waals surface area contributed by atoms with Crippen LogP contribution in [0.5, 0.6) is 5.75 Å². The van der Waals surface area contributed by atoms with Crippen LogP contribution in [0.25, 0.3) is 10.8 Å². The highest BCUT2D eigenvalue weighted by Crippen LogP contribution is 2.30. The smallest absolute Gasteiger partial charge is 0.254 e. The van der Waals surface area contributed by atoms with Crippen molar-refractivity contribution < 1.29 is 14.3 Å². The van der Waals surface area contributed by atoms with Crippen molar-refractivity contribution in [3.05, 3.63) is 72.1 Å². The Kier molecular flexibility index (Phi) is 5.93. The Labute approximate surface area is 175 Å². The maximum Gasteiger partial charge on any atom is 0.254 e. The number of likely N-dealkylation sites (tertiary alicyclic amines) is 1. The van der Waals surface area contributed by atoms with E-state index in [9.17, 15) is 9.59 Å². The van der Waals surface area contributed by atoms with E-state index in [1.54, 1.807) is 18.2 Å². The summed E-state index contributed by atoms with van der Waals surface area (Å²) in [4.78, 5) is 32.0. The molecule has 30 heavy (non-hydrogen) atoms. The molecule has 0 saturated carbocycles. The van der Waals surface area contributed by atoms with Crippen molar-refractivity contribution in [3.63, 3.8) is 0 Å². The Bertz CT molecular complexity index is 1050. The second kappa shape index (κ2) is 8.95.